The van der Waals surface area contributed by atoms with Crippen molar-refractivity contribution >= 4 is 29.5 Å². The smallest absolute Gasteiger partial charge is 0.292 e. The molecule has 0 aliphatic carbocycles. The molecule has 0 spiro atoms. The van der Waals surface area contributed by atoms with Gasteiger partial charge < -0.3 is 0 Å². The van der Waals surface area contributed by atoms with E-state index >= 15 is 0 Å². The fourth-order valence-corrected chi connectivity index (χ4v) is 4.76. The lowest BCUT2D eigenvalue weighted by molar-refractivity contribution is -0.137. The third kappa shape index (κ3) is 2.88. The maximum Gasteiger partial charge on any atom is 0.418 e. The van der Waals surface area contributed by atoms with Crippen LogP contribution in [0.2, 0.25) is 0 Å². The lowest BCUT2D eigenvalue weighted by atomic mass is 9.86. The van der Waals surface area contributed by atoms with E-state index in [1.165, 1.54) is 23.4 Å². The maximum atomic E-state index is 13.6. The second kappa shape index (κ2) is 7.15. The number of anilines is 1. The van der Waals surface area contributed by atoms with E-state index < -0.39 is 58.9 Å². The number of hydrazone groups is 1. The molecule has 2 amide bonds. The molecule has 3 aliphatic rings. The van der Waals surface area contributed by atoms with Gasteiger partial charge in [0.15, 0.2) is 5.78 Å². The van der Waals surface area contributed by atoms with E-state index in [-0.39, 0.29) is 0 Å². The molecular formula is C23H16F3N3O3. The summed E-state index contributed by atoms with van der Waals surface area (Å²) in [7, 11) is 0. The molecule has 0 bridgehead atoms. The Morgan fingerprint density at radius 1 is 0.906 bits per heavy atom. The minimum absolute atomic E-state index is 0.330. The van der Waals surface area contributed by atoms with E-state index in [4.69, 9.17) is 0 Å². The zero-order valence-corrected chi connectivity index (χ0v) is 16.4. The van der Waals surface area contributed by atoms with Gasteiger partial charge in [-0.15, -0.1) is 0 Å². The summed E-state index contributed by atoms with van der Waals surface area (Å²) in [4.78, 5) is 40.8. The molecule has 4 unspecified atom stereocenters. The lowest BCUT2D eigenvalue weighted by Crippen LogP contribution is -2.46. The topological polar surface area (TPSA) is 70.0 Å². The van der Waals surface area contributed by atoms with Crippen LogP contribution in [0, 0.1) is 11.8 Å². The molecule has 0 radical (unpaired) electrons. The third-order valence-electron chi connectivity index (χ3n) is 6.07. The number of imide groups is 1. The van der Waals surface area contributed by atoms with Crippen LogP contribution in [-0.4, -0.2) is 40.9 Å². The third-order valence-corrected chi connectivity index (χ3v) is 6.07. The monoisotopic (exact) mass is 439 g/mol. The number of allylic oxidation sites excluding steroid dienone is 1. The predicted octanol–water partition coefficient (Wildman–Crippen LogP) is 3.30. The summed E-state index contributed by atoms with van der Waals surface area (Å²) in [5, 5.41) is 5.65. The van der Waals surface area contributed by atoms with E-state index in [1.54, 1.807) is 42.5 Å². The summed E-state index contributed by atoms with van der Waals surface area (Å²) < 4.78 is 40.8. The summed E-state index contributed by atoms with van der Waals surface area (Å²) >= 11 is 0. The van der Waals surface area contributed by atoms with Crippen molar-refractivity contribution in [2.45, 2.75) is 18.3 Å². The van der Waals surface area contributed by atoms with E-state index in [0.29, 0.717) is 10.5 Å². The van der Waals surface area contributed by atoms with Crippen LogP contribution >= 0.6 is 0 Å². The second-order valence-corrected chi connectivity index (χ2v) is 7.77. The van der Waals surface area contributed by atoms with E-state index in [0.717, 1.165) is 12.1 Å². The Morgan fingerprint density at radius 2 is 1.56 bits per heavy atom. The first-order valence-electron chi connectivity index (χ1n) is 9.93. The number of ketones is 1. The first-order chi connectivity index (χ1) is 15.3. The van der Waals surface area contributed by atoms with Gasteiger partial charge in [0.25, 0.3) is 0 Å². The highest BCUT2D eigenvalue weighted by Gasteiger charge is 2.64. The van der Waals surface area contributed by atoms with Crippen molar-refractivity contribution < 1.29 is 27.6 Å². The van der Waals surface area contributed by atoms with E-state index in [9.17, 15) is 27.6 Å². The second-order valence-electron chi connectivity index (χ2n) is 7.77. The van der Waals surface area contributed by atoms with Gasteiger partial charge in [-0.2, -0.15) is 18.3 Å². The molecule has 2 fully saturated rings. The number of rotatable bonds is 3. The summed E-state index contributed by atoms with van der Waals surface area (Å²) in [6.45, 7) is 0. The Kier molecular flexibility index (Phi) is 4.51. The van der Waals surface area contributed by atoms with Crippen LogP contribution in [0.15, 0.2) is 71.9 Å². The van der Waals surface area contributed by atoms with Crippen LogP contribution in [0.3, 0.4) is 0 Å². The molecule has 3 heterocycles. The molecule has 2 saturated heterocycles. The van der Waals surface area contributed by atoms with Crippen LogP contribution in [0.25, 0.3) is 0 Å². The highest BCUT2D eigenvalue weighted by molar-refractivity contribution is 6.25. The van der Waals surface area contributed by atoms with Crippen LogP contribution in [0.5, 0.6) is 0 Å². The number of Topliss-reactive ketones (excluding diaryl/α,β-unsaturated/α-hetero) is 1. The van der Waals surface area contributed by atoms with Crippen molar-refractivity contribution in [2.24, 2.45) is 16.9 Å². The first-order valence-corrected chi connectivity index (χ1v) is 9.93. The van der Waals surface area contributed by atoms with Crippen LogP contribution in [0.4, 0.5) is 18.9 Å². The van der Waals surface area contributed by atoms with Gasteiger partial charge in [0, 0.05) is 11.8 Å². The zero-order chi connectivity index (χ0) is 22.6. The fraction of sp³-hybridized carbons (Fsp3) is 0.217. The molecule has 2 aromatic carbocycles. The molecule has 162 valence electrons. The highest BCUT2D eigenvalue weighted by Crippen LogP contribution is 2.48. The molecule has 32 heavy (non-hydrogen) atoms. The van der Waals surface area contributed by atoms with Crippen molar-refractivity contribution in [3.63, 3.8) is 0 Å². The Balaban J connectivity index is 1.61. The minimum atomic E-state index is -4.75. The van der Waals surface area contributed by atoms with Gasteiger partial charge >= 0.3 is 6.18 Å². The zero-order valence-electron chi connectivity index (χ0n) is 16.4. The molecule has 4 atom stereocenters. The van der Waals surface area contributed by atoms with E-state index in [2.05, 4.69) is 5.10 Å². The Labute approximate surface area is 180 Å². The summed E-state index contributed by atoms with van der Waals surface area (Å²) in [6, 6.07) is 10.9. The number of carbonyl (C=O) groups is 3. The van der Waals surface area contributed by atoms with Gasteiger partial charge in [0.1, 0.15) is 6.04 Å². The van der Waals surface area contributed by atoms with Gasteiger partial charge in [-0.25, -0.2) is 4.90 Å². The average Bonchev–Trinajstić information content (AvgIpc) is 3.26. The lowest BCUT2D eigenvalue weighted by Gasteiger charge is -2.30. The van der Waals surface area contributed by atoms with Gasteiger partial charge in [-0.1, -0.05) is 48.5 Å². The van der Waals surface area contributed by atoms with Crippen molar-refractivity contribution in [3.8, 4) is 0 Å². The summed E-state index contributed by atoms with van der Waals surface area (Å²) in [6.07, 6.45) is -0.0609. The number of hydrogen-bond donors (Lipinski definition) is 0. The quantitative estimate of drug-likeness (QED) is 0.544. The van der Waals surface area contributed by atoms with Crippen molar-refractivity contribution in [3.05, 3.63) is 77.9 Å². The molecule has 6 nitrogen and oxygen atoms in total. The molecule has 5 rings (SSSR count). The van der Waals surface area contributed by atoms with Gasteiger partial charge in [-0.3, -0.25) is 19.4 Å². The summed E-state index contributed by atoms with van der Waals surface area (Å²) in [5.74, 6) is -4.18. The SMILES string of the molecule is O=C(c1ccccc1)C1C2C(=O)N(c3ccccc3C(F)(F)F)C(=O)C2C2C=CC=NN21. The van der Waals surface area contributed by atoms with Crippen molar-refractivity contribution in [2.75, 3.05) is 4.90 Å². The fourth-order valence-electron chi connectivity index (χ4n) is 4.76. The first kappa shape index (κ1) is 20.2. The van der Waals surface area contributed by atoms with Crippen LogP contribution in [-0.2, 0) is 15.8 Å². The molecule has 0 saturated carbocycles. The molecule has 9 heteroatoms. The maximum absolute atomic E-state index is 13.6. The number of hydrogen-bond acceptors (Lipinski definition) is 5. The normalized spacial score (nSPS) is 26.5. The summed E-state index contributed by atoms with van der Waals surface area (Å²) in [5.41, 5.74) is -1.28. The number of halogens is 3. The molecular weight excluding hydrogens is 423 g/mol. The molecule has 3 aliphatic heterocycles. The number of nitrogens with zero attached hydrogens (tertiary/aromatic N) is 3. The molecule has 0 N–H and O–H groups in total. The number of para-hydroxylation sites is 1. The highest BCUT2D eigenvalue weighted by atomic mass is 19.4. The number of benzene rings is 2. The average molecular weight is 439 g/mol. The van der Waals surface area contributed by atoms with Crippen LogP contribution < -0.4 is 4.90 Å². The largest absolute Gasteiger partial charge is 0.418 e. The number of fused-ring (bicyclic) bond motifs is 3. The van der Waals surface area contributed by atoms with Gasteiger partial charge in [-0.05, 0) is 18.2 Å². The minimum Gasteiger partial charge on any atom is -0.292 e. The number of alkyl halides is 3. The standard InChI is InChI=1S/C23H16F3N3O3/c24-23(25,26)14-9-4-5-10-15(14)28-21(31)17-16-11-6-12-27-29(16)19(18(17)22(28)32)20(30)13-7-2-1-3-8-13/h1-12,16-19H. The Bertz CT molecular complexity index is 1180. The predicted molar refractivity (Wildman–Crippen MR) is 109 cm³/mol. The number of amides is 2. The Morgan fingerprint density at radius 3 is 2.28 bits per heavy atom. The molecule has 2 aromatic rings. The van der Waals surface area contributed by atoms with E-state index in [1.807, 2.05) is 0 Å². The van der Waals surface area contributed by atoms with Crippen LogP contribution in [0.1, 0.15) is 15.9 Å². The van der Waals surface area contributed by atoms with Crippen molar-refractivity contribution in [1.29, 1.82) is 0 Å². The number of carbonyl (C=O) groups excluding carboxylic acids is 3. The van der Waals surface area contributed by atoms with Gasteiger partial charge in [0.2, 0.25) is 11.8 Å². The van der Waals surface area contributed by atoms with Crippen molar-refractivity contribution in [1.82, 2.24) is 5.01 Å². The molecule has 0 aromatic heterocycles. The van der Waals surface area contributed by atoms with Gasteiger partial charge in [0.05, 0.1) is 29.1 Å². The Hall–Kier alpha value is -3.75.